The van der Waals surface area contributed by atoms with Crippen LogP contribution in [0.25, 0.3) is 0 Å². The topological polar surface area (TPSA) is 23.6 Å². The van der Waals surface area contributed by atoms with Crippen molar-refractivity contribution < 1.29 is 4.79 Å². The van der Waals surface area contributed by atoms with Gasteiger partial charge < -0.3 is 5.01 Å². The Morgan fingerprint density at radius 1 is 1.62 bits per heavy atom. The lowest BCUT2D eigenvalue weighted by molar-refractivity contribution is -0.126. The van der Waals surface area contributed by atoms with Crippen LogP contribution in [0, 0.1) is 0 Å². The summed E-state index contributed by atoms with van der Waals surface area (Å²) in [5.74, 6) is 0.248. The Morgan fingerprint density at radius 2 is 2.23 bits per heavy atom. The van der Waals surface area contributed by atoms with Crippen LogP contribution in [0.5, 0.6) is 0 Å². The van der Waals surface area contributed by atoms with Gasteiger partial charge in [-0.1, -0.05) is 5.57 Å². The Bertz CT molecular complexity index is 233. The predicted octanol–water partition coefficient (Wildman–Crippen LogP) is 1.42. The highest BCUT2D eigenvalue weighted by Crippen LogP contribution is 2.21. The lowest BCUT2D eigenvalue weighted by atomic mass is 10.0. The molecule has 0 bridgehead atoms. The van der Waals surface area contributed by atoms with Gasteiger partial charge in [-0.05, 0) is 26.7 Å². The highest BCUT2D eigenvalue weighted by Gasteiger charge is 2.25. The number of hydrogen-bond acceptors (Lipinski definition) is 3. The van der Waals surface area contributed by atoms with E-state index in [-0.39, 0.29) is 11.8 Å². The van der Waals surface area contributed by atoms with Crippen molar-refractivity contribution in [3.8, 4) is 0 Å². The molecular formula is C10H18N2O. The van der Waals surface area contributed by atoms with E-state index in [2.05, 4.69) is 13.1 Å². The first-order valence-electron chi connectivity index (χ1n) is 4.65. The molecule has 0 saturated carbocycles. The van der Waals surface area contributed by atoms with E-state index in [4.69, 9.17) is 0 Å². The van der Waals surface area contributed by atoms with Crippen LogP contribution < -0.4 is 0 Å². The molecule has 0 aromatic heterocycles. The second kappa shape index (κ2) is 3.92. The van der Waals surface area contributed by atoms with E-state index in [1.165, 1.54) is 5.57 Å². The molecule has 1 unspecified atom stereocenters. The molecule has 1 aliphatic rings. The largest absolute Gasteiger partial charge is 0.303 e. The summed E-state index contributed by atoms with van der Waals surface area (Å²) in [6.45, 7) is 3.77. The minimum Gasteiger partial charge on any atom is -0.303 e. The monoisotopic (exact) mass is 182 g/mol. The van der Waals surface area contributed by atoms with Crippen LogP contribution in [0.4, 0.5) is 0 Å². The number of hydrazine groups is 1. The maximum absolute atomic E-state index is 11.3. The van der Waals surface area contributed by atoms with Gasteiger partial charge >= 0.3 is 0 Å². The molecule has 1 aliphatic heterocycles. The van der Waals surface area contributed by atoms with E-state index < -0.39 is 0 Å². The zero-order chi connectivity index (χ0) is 10.0. The van der Waals surface area contributed by atoms with Crippen LogP contribution in [-0.4, -0.2) is 35.9 Å². The number of Topliss-reactive ketones (excluding diaryl/α,β-unsaturated/α-hetero) is 1. The lowest BCUT2D eigenvalue weighted by Crippen LogP contribution is -2.46. The van der Waals surface area contributed by atoms with Crippen molar-refractivity contribution >= 4 is 5.78 Å². The van der Waals surface area contributed by atoms with Gasteiger partial charge in [-0.2, -0.15) is 0 Å². The van der Waals surface area contributed by atoms with E-state index in [1.54, 1.807) is 6.92 Å². The molecule has 74 valence electrons. The zero-order valence-electron chi connectivity index (χ0n) is 8.87. The van der Waals surface area contributed by atoms with Crippen LogP contribution in [0.3, 0.4) is 0 Å². The predicted molar refractivity (Wildman–Crippen MR) is 53.0 cm³/mol. The average Bonchev–Trinajstić information content (AvgIpc) is 2.03. The van der Waals surface area contributed by atoms with Gasteiger partial charge in [0.1, 0.15) is 6.04 Å². The number of rotatable bonds is 2. The van der Waals surface area contributed by atoms with Crippen LogP contribution in [0.1, 0.15) is 26.7 Å². The molecule has 1 atom stereocenters. The molecule has 3 nitrogen and oxygen atoms in total. The fourth-order valence-electron chi connectivity index (χ4n) is 1.66. The second-order valence-corrected chi connectivity index (χ2v) is 3.87. The third-order valence-electron chi connectivity index (χ3n) is 2.42. The van der Waals surface area contributed by atoms with Gasteiger partial charge in [-0.15, -0.1) is 0 Å². The molecule has 0 aromatic rings. The molecule has 3 heteroatoms. The van der Waals surface area contributed by atoms with E-state index in [0.717, 1.165) is 12.8 Å². The van der Waals surface area contributed by atoms with E-state index in [1.807, 2.05) is 24.1 Å². The molecule has 0 aromatic carbocycles. The first-order valence-corrected chi connectivity index (χ1v) is 4.65. The molecule has 13 heavy (non-hydrogen) atoms. The van der Waals surface area contributed by atoms with E-state index >= 15 is 0 Å². The molecule has 0 aliphatic carbocycles. The Kier molecular flexibility index (Phi) is 3.09. The van der Waals surface area contributed by atoms with Crippen LogP contribution in [-0.2, 0) is 4.79 Å². The van der Waals surface area contributed by atoms with E-state index in [0.29, 0.717) is 0 Å². The smallest absolute Gasteiger partial charge is 0.153 e. The molecule has 1 rings (SSSR count). The van der Waals surface area contributed by atoms with Crippen molar-refractivity contribution in [2.24, 2.45) is 0 Å². The molecular weight excluding hydrogens is 164 g/mol. The molecule has 0 amide bonds. The summed E-state index contributed by atoms with van der Waals surface area (Å²) < 4.78 is 0. The first kappa shape index (κ1) is 10.3. The quantitative estimate of drug-likeness (QED) is 0.645. The molecule has 0 fully saturated rings. The van der Waals surface area contributed by atoms with Gasteiger partial charge in [0.05, 0.1) is 0 Å². The maximum Gasteiger partial charge on any atom is 0.153 e. The third-order valence-corrected chi connectivity index (χ3v) is 2.42. The number of nitrogens with zero attached hydrogens (tertiary/aromatic N) is 2. The third kappa shape index (κ3) is 2.31. The van der Waals surface area contributed by atoms with Crippen LogP contribution in [0.15, 0.2) is 11.8 Å². The van der Waals surface area contributed by atoms with Crippen molar-refractivity contribution in [1.82, 2.24) is 10.0 Å². The highest BCUT2D eigenvalue weighted by molar-refractivity contribution is 5.81. The Hall–Kier alpha value is -0.830. The molecule has 0 spiro atoms. The zero-order valence-corrected chi connectivity index (χ0v) is 8.87. The Morgan fingerprint density at radius 3 is 2.69 bits per heavy atom. The SMILES string of the molecule is CC(=O)C1CCC(C)=CN1N(C)C. The highest BCUT2D eigenvalue weighted by atomic mass is 16.1. The summed E-state index contributed by atoms with van der Waals surface area (Å²) in [5, 5.41) is 3.98. The molecule has 0 saturated heterocycles. The van der Waals surface area contributed by atoms with Crippen molar-refractivity contribution in [2.45, 2.75) is 32.7 Å². The van der Waals surface area contributed by atoms with Crippen LogP contribution >= 0.6 is 0 Å². The van der Waals surface area contributed by atoms with Crippen molar-refractivity contribution in [3.05, 3.63) is 11.8 Å². The van der Waals surface area contributed by atoms with Crippen LogP contribution in [0.2, 0.25) is 0 Å². The lowest BCUT2D eigenvalue weighted by Gasteiger charge is -2.37. The second-order valence-electron chi connectivity index (χ2n) is 3.87. The van der Waals surface area contributed by atoms with Gasteiger partial charge in [0, 0.05) is 20.3 Å². The minimum absolute atomic E-state index is 0.0405. The van der Waals surface area contributed by atoms with Crippen molar-refractivity contribution in [2.75, 3.05) is 14.1 Å². The minimum atomic E-state index is 0.0405. The van der Waals surface area contributed by atoms with Gasteiger partial charge in [0.15, 0.2) is 5.78 Å². The number of carbonyl (C=O) groups is 1. The fourth-order valence-corrected chi connectivity index (χ4v) is 1.66. The standard InChI is InChI=1S/C10H18N2O/c1-8-5-6-10(9(2)13)12(7-8)11(3)4/h7,10H,5-6H2,1-4H3. The summed E-state index contributed by atoms with van der Waals surface area (Å²) in [6.07, 6.45) is 4.04. The maximum atomic E-state index is 11.3. The average molecular weight is 182 g/mol. The number of hydrogen-bond donors (Lipinski definition) is 0. The number of ketones is 1. The fraction of sp³-hybridized carbons (Fsp3) is 0.700. The summed E-state index contributed by atoms with van der Waals surface area (Å²) >= 11 is 0. The summed E-state index contributed by atoms with van der Waals surface area (Å²) in [6, 6.07) is 0.0405. The Balaban J connectivity index is 2.82. The van der Waals surface area contributed by atoms with Gasteiger partial charge in [0.25, 0.3) is 0 Å². The van der Waals surface area contributed by atoms with Gasteiger partial charge in [-0.3, -0.25) is 4.79 Å². The van der Waals surface area contributed by atoms with Gasteiger partial charge in [-0.25, -0.2) is 5.01 Å². The Labute approximate surface area is 80.0 Å². The summed E-state index contributed by atoms with van der Waals surface area (Å²) in [5.41, 5.74) is 1.34. The normalized spacial score (nSPS) is 23.3. The van der Waals surface area contributed by atoms with Crippen molar-refractivity contribution in [1.29, 1.82) is 0 Å². The number of carbonyl (C=O) groups excluding carboxylic acids is 1. The first-order chi connectivity index (χ1) is 6.02. The van der Waals surface area contributed by atoms with Gasteiger partial charge in [0.2, 0.25) is 0 Å². The molecule has 1 heterocycles. The van der Waals surface area contributed by atoms with Crippen molar-refractivity contribution in [3.63, 3.8) is 0 Å². The summed E-state index contributed by atoms with van der Waals surface area (Å²) in [7, 11) is 3.93. The number of allylic oxidation sites excluding steroid dienone is 1. The molecule has 0 radical (unpaired) electrons. The van der Waals surface area contributed by atoms with E-state index in [9.17, 15) is 4.79 Å². The summed E-state index contributed by atoms with van der Waals surface area (Å²) in [4.78, 5) is 11.3. The molecule has 0 N–H and O–H groups in total.